The highest BCUT2D eigenvalue weighted by Gasteiger charge is 2.14. The van der Waals surface area contributed by atoms with Gasteiger partial charge in [-0.15, -0.1) is 0 Å². The molecule has 0 saturated heterocycles. The first-order valence-electron chi connectivity index (χ1n) is 8.07. The third-order valence-electron chi connectivity index (χ3n) is 4.04. The van der Waals surface area contributed by atoms with E-state index in [1.807, 2.05) is 25.1 Å². The fourth-order valence-electron chi connectivity index (χ4n) is 2.53. The maximum Gasteiger partial charge on any atom is 0.250 e. The molecule has 0 fully saturated rings. The summed E-state index contributed by atoms with van der Waals surface area (Å²) in [5.41, 5.74) is 4.00. The first kappa shape index (κ1) is 17.4. The first-order chi connectivity index (χ1) is 11.8. The Morgan fingerprint density at radius 3 is 2.36 bits per heavy atom. The van der Waals surface area contributed by atoms with Crippen LogP contribution < -0.4 is 0 Å². The number of hydrogen-bond acceptors (Lipinski definition) is 4. The molecular weight excluding hydrogens is 336 g/mol. The molecule has 3 aromatic rings. The standard InChI is InChI=1S/C19H21ClN4O/c1-12-15(17(20)24(5)22-12)10-11-16-21-18(23-25-16)13-6-8-14(9-7-13)19(2,3)4/h6-11H,1-5H3/b11-10+. The van der Waals surface area contributed by atoms with E-state index in [1.54, 1.807) is 17.8 Å². The second-order valence-corrected chi connectivity index (χ2v) is 7.39. The van der Waals surface area contributed by atoms with Crippen LogP contribution in [0.25, 0.3) is 23.5 Å². The number of aryl methyl sites for hydroxylation is 2. The van der Waals surface area contributed by atoms with E-state index in [0.717, 1.165) is 16.8 Å². The second-order valence-electron chi connectivity index (χ2n) is 7.03. The van der Waals surface area contributed by atoms with Crippen LogP contribution >= 0.6 is 11.6 Å². The highest BCUT2D eigenvalue weighted by atomic mass is 35.5. The lowest BCUT2D eigenvalue weighted by Gasteiger charge is -2.18. The zero-order chi connectivity index (χ0) is 18.2. The van der Waals surface area contributed by atoms with E-state index in [2.05, 4.69) is 48.1 Å². The van der Waals surface area contributed by atoms with Gasteiger partial charge in [0.1, 0.15) is 5.15 Å². The van der Waals surface area contributed by atoms with Gasteiger partial charge >= 0.3 is 0 Å². The lowest BCUT2D eigenvalue weighted by molar-refractivity contribution is 0.411. The van der Waals surface area contributed by atoms with Crippen molar-refractivity contribution in [3.05, 3.63) is 52.1 Å². The molecule has 0 aliphatic heterocycles. The van der Waals surface area contributed by atoms with Gasteiger partial charge in [-0.25, -0.2) is 0 Å². The molecule has 5 nitrogen and oxygen atoms in total. The number of nitrogens with zero attached hydrogens (tertiary/aromatic N) is 4. The molecule has 0 atom stereocenters. The van der Waals surface area contributed by atoms with Gasteiger partial charge in [0.2, 0.25) is 5.82 Å². The van der Waals surface area contributed by atoms with E-state index >= 15 is 0 Å². The van der Waals surface area contributed by atoms with Crippen molar-refractivity contribution < 1.29 is 4.52 Å². The smallest absolute Gasteiger partial charge is 0.250 e. The summed E-state index contributed by atoms with van der Waals surface area (Å²) < 4.78 is 6.94. The van der Waals surface area contributed by atoms with Gasteiger partial charge in [-0.3, -0.25) is 4.68 Å². The molecule has 0 unspecified atom stereocenters. The Morgan fingerprint density at radius 2 is 1.80 bits per heavy atom. The van der Waals surface area contributed by atoms with Crippen LogP contribution in [0.1, 0.15) is 43.5 Å². The minimum atomic E-state index is 0.116. The van der Waals surface area contributed by atoms with Gasteiger partial charge in [0.05, 0.1) is 5.69 Å². The normalized spacial score (nSPS) is 12.2. The summed E-state index contributed by atoms with van der Waals surface area (Å²) in [6, 6.07) is 8.22. The van der Waals surface area contributed by atoms with Gasteiger partial charge in [-0.1, -0.05) is 61.8 Å². The summed E-state index contributed by atoms with van der Waals surface area (Å²) in [6.45, 7) is 8.46. The molecule has 2 heterocycles. The molecule has 0 spiro atoms. The lowest BCUT2D eigenvalue weighted by atomic mass is 9.87. The van der Waals surface area contributed by atoms with Crippen molar-refractivity contribution in [2.45, 2.75) is 33.1 Å². The predicted octanol–water partition coefficient (Wildman–Crippen LogP) is 4.90. The highest BCUT2D eigenvalue weighted by molar-refractivity contribution is 6.31. The van der Waals surface area contributed by atoms with Crippen LogP contribution in [0.4, 0.5) is 0 Å². The summed E-state index contributed by atoms with van der Waals surface area (Å²) >= 11 is 6.22. The maximum absolute atomic E-state index is 6.22. The molecule has 0 saturated carbocycles. The molecule has 2 aromatic heterocycles. The van der Waals surface area contributed by atoms with Crippen LogP contribution in [0, 0.1) is 6.92 Å². The highest BCUT2D eigenvalue weighted by Crippen LogP contribution is 2.25. The van der Waals surface area contributed by atoms with Crippen molar-refractivity contribution in [2.24, 2.45) is 7.05 Å². The van der Waals surface area contributed by atoms with Gasteiger partial charge in [0, 0.05) is 24.3 Å². The third-order valence-corrected chi connectivity index (χ3v) is 4.49. The van der Waals surface area contributed by atoms with Crippen LogP contribution in [0.3, 0.4) is 0 Å². The number of rotatable bonds is 3. The third kappa shape index (κ3) is 3.66. The topological polar surface area (TPSA) is 56.7 Å². The van der Waals surface area contributed by atoms with Crippen molar-refractivity contribution in [1.82, 2.24) is 19.9 Å². The van der Waals surface area contributed by atoms with Crippen molar-refractivity contribution >= 4 is 23.8 Å². The SMILES string of the molecule is Cc1nn(C)c(Cl)c1/C=C/c1nc(-c2ccc(C(C)(C)C)cc2)no1. The van der Waals surface area contributed by atoms with Gasteiger partial charge < -0.3 is 4.52 Å². The van der Waals surface area contributed by atoms with Gasteiger partial charge in [0.25, 0.3) is 5.89 Å². The van der Waals surface area contributed by atoms with E-state index < -0.39 is 0 Å². The van der Waals surface area contributed by atoms with E-state index in [-0.39, 0.29) is 5.41 Å². The van der Waals surface area contributed by atoms with Gasteiger partial charge in [-0.05, 0) is 24.0 Å². The second kappa shape index (κ2) is 6.48. The Bertz CT molecular complexity index is 914. The molecule has 0 N–H and O–H groups in total. The molecule has 0 aliphatic carbocycles. The first-order valence-corrected chi connectivity index (χ1v) is 8.45. The van der Waals surface area contributed by atoms with Crippen molar-refractivity contribution in [3.63, 3.8) is 0 Å². The van der Waals surface area contributed by atoms with Crippen LogP contribution in [0.15, 0.2) is 28.8 Å². The Balaban J connectivity index is 1.82. The lowest BCUT2D eigenvalue weighted by Crippen LogP contribution is -2.10. The van der Waals surface area contributed by atoms with Crippen LogP contribution in [0.5, 0.6) is 0 Å². The fraction of sp³-hybridized carbons (Fsp3) is 0.316. The number of aromatic nitrogens is 4. The minimum absolute atomic E-state index is 0.116. The van der Waals surface area contributed by atoms with Gasteiger partial charge in [-0.2, -0.15) is 10.1 Å². The van der Waals surface area contributed by atoms with Crippen LogP contribution in [-0.4, -0.2) is 19.9 Å². The molecule has 1 aromatic carbocycles. The zero-order valence-electron chi connectivity index (χ0n) is 15.0. The Hall–Kier alpha value is -2.40. The molecule has 0 amide bonds. The number of hydrogen-bond donors (Lipinski definition) is 0. The van der Waals surface area contributed by atoms with Crippen molar-refractivity contribution in [1.29, 1.82) is 0 Å². The Kier molecular flexibility index (Phi) is 4.52. The quantitative estimate of drug-likeness (QED) is 0.669. The Morgan fingerprint density at radius 1 is 1.12 bits per heavy atom. The van der Waals surface area contributed by atoms with E-state index in [1.165, 1.54) is 5.56 Å². The van der Waals surface area contributed by atoms with Crippen molar-refractivity contribution in [3.8, 4) is 11.4 Å². The molecular formula is C19H21ClN4O. The number of benzene rings is 1. The molecule has 3 rings (SSSR count). The molecule has 130 valence electrons. The molecule has 0 bridgehead atoms. The van der Waals surface area contributed by atoms with E-state index in [4.69, 9.17) is 16.1 Å². The summed E-state index contributed by atoms with van der Waals surface area (Å²) in [4.78, 5) is 4.42. The summed E-state index contributed by atoms with van der Waals surface area (Å²) in [6.07, 6.45) is 3.58. The Labute approximate surface area is 152 Å². The van der Waals surface area contributed by atoms with Gasteiger partial charge in [0.15, 0.2) is 0 Å². The summed E-state index contributed by atoms with van der Waals surface area (Å²) in [5, 5.41) is 8.90. The molecule has 0 radical (unpaired) electrons. The predicted molar refractivity (Wildman–Crippen MR) is 100 cm³/mol. The fourth-order valence-corrected chi connectivity index (χ4v) is 2.77. The molecule has 6 heteroatoms. The largest absolute Gasteiger partial charge is 0.334 e. The summed E-state index contributed by atoms with van der Waals surface area (Å²) in [5.74, 6) is 0.989. The average Bonchev–Trinajstić information content (AvgIpc) is 3.11. The summed E-state index contributed by atoms with van der Waals surface area (Å²) in [7, 11) is 1.80. The minimum Gasteiger partial charge on any atom is -0.334 e. The maximum atomic E-state index is 6.22. The van der Waals surface area contributed by atoms with Crippen LogP contribution in [0.2, 0.25) is 5.15 Å². The average molecular weight is 357 g/mol. The van der Waals surface area contributed by atoms with E-state index in [0.29, 0.717) is 16.9 Å². The molecule has 25 heavy (non-hydrogen) atoms. The van der Waals surface area contributed by atoms with Crippen molar-refractivity contribution in [2.75, 3.05) is 0 Å². The monoisotopic (exact) mass is 356 g/mol. The van der Waals surface area contributed by atoms with E-state index in [9.17, 15) is 0 Å². The number of halogens is 1. The zero-order valence-corrected chi connectivity index (χ0v) is 15.8. The van der Waals surface area contributed by atoms with Crippen LogP contribution in [-0.2, 0) is 12.5 Å². The molecule has 0 aliphatic rings.